The third-order valence-corrected chi connectivity index (χ3v) is 4.24. The van der Waals surface area contributed by atoms with Crippen molar-refractivity contribution in [3.8, 4) is 0 Å². The molecule has 1 fully saturated rings. The highest BCUT2D eigenvalue weighted by Crippen LogP contribution is 2.48. The summed E-state index contributed by atoms with van der Waals surface area (Å²) in [4.78, 5) is 14.4. The summed E-state index contributed by atoms with van der Waals surface area (Å²) in [5.74, 6) is 0.652. The van der Waals surface area contributed by atoms with Gasteiger partial charge in [0.2, 0.25) is 5.91 Å². The van der Waals surface area contributed by atoms with Crippen molar-refractivity contribution < 1.29 is 4.79 Å². The second kappa shape index (κ2) is 5.70. The van der Waals surface area contributed by atoms with E-state index < -0.39 is 0 Å². The smallest absolute Gasteiger partial charge is 0.230 e. The van der Waals surface area contributed by atoms with Gasteiger partial charge >= 0.3 is 0 Å². The Hall–Kier alpha value is -2.13. The van der Waals surface area contributed by atoms with Gasteiger partial charge in [0.15, 0.2) is 0 Å². The van der Waals surface area contributed by atoms with Gasteiger partial charge in [-0.1, -0.05) is 48.5 Å². The average Bonchev–Trinajstić information content (AvgIpc) is 3.35. The van der Waals surface area contributed by atoms with E-state index in [1.807, 2.05) is 49.5 Å². The van der Waals surface area contributed by atoms with Gasteiger partial charge in [-0.3, -0.25) is 4.79 Å². The first-order valence-corrected chi connectivity index (χ1v) is 7.33. The molecule has 1 amide bonds. The summed E-state index contributed by atoms with van der Waals surface area (Å²) >= 11 is 0. The van der Waals surface area contributed by atoms with Crippen molar-refractivity contribution in [3.63, 3.8) is 0 Å². The maximum Gasteiger partial charge on any atom is 0.230 e. The van der Waals surface area contributed by atoms with Crippen LogP contribution in [0.1, 0.15) is 23.5 Å². The Bertz CT molecular complexity index is 639. The lowest BCUT2D eigenvalue weighted by atomic mass is 10.1. The minimum absolute atomic E-state index is 0.100. The van der Waals surface area contributed by atoms with Gasteiger partial charge in [0.05, 0.1) is 0 Å². The zero-order valence-electron chi connectivity index (χ0n) is 12.2. The number of carbonyl (C=O) groups excluding carboxylic acids is 1. The lowest BCUT2D eigenvalue weighted by Crippen LogP contribution is -2.29. The van der Waals surface area contributed by atoms with E-state index in [1.54, 1.807) is 4.90 Å². The molecule has 2 N–H and O–H groups in total. The Morgan fingerprint density at radius 2 is 1.81 bits per heavy atom. The molecule has 0 spiro atoms. The Morgan fingerprint density at radius 1 is 1.14 bits per heavy atom. The van der Waals surface area contributed by atoms with Crippen molar-refractivity contribution in [3.05, 3.63) is 65.7 Å². The molecule has 2 unspecified atom stereocenters. The van der Waals surface area contributed by atoms with Gasteiger partial charge in [0.25, 0.3) is 0 Å². The minimum atomic E-state index is 0.100. The van der Waals surface area contributed by atoms with Gasteiger partial charge < -0.3 is 10.6 Å². The van der Waals surface area contributed by atoms with E-state index in [1.165, 1.54) is 5.56 Å². The van der Waals surface area contributed by atoms with Gasteiger partial charge in [-0.05, 0) is 29.5 Å². The predicted octanol–water partition coefficient (Wildman–Crippen LogP) is 2.91. The number of hydrogen-bond acceptors (Lipinski definition) is 2. The summed E-state index contributed by atoms with van der Waals surface area (Å²) in [5.41, 5.74) is 8.95. The van der Waals surface area contributed by atoms with Crippen molar-refractivity contribution >= 4 is 11.6 Å². The molecule has 2 aromatic rings. The van der Waals surface area contributed by atoms with Crippen molar-refractivity contribution in [2.75, 3.05) is 11.9 Å². The first-order valence-electron chi connectivity index (χ1n) is 7.33. The summed E-state index contributed by atoms with van der Waals surface area (Å²) in [5, 5.41) is 0. The molecule has 0 bridgehead atoms. The highest BCUT2D eigenvalue weighted by Gasteiger charge is 2.45. The van der Waals surface area contributed by atoms with E-state index in [0.29, 0.717) is 12.5 Å². The Morgan fingerprint density at radius 3 is 2.52 bits per heavy atom. The average molecular weight is 280 g/mol. The van der Waals surface area contributed by atoms with Crippen molar-refractivity contribution in [1.82, 2.24) is 0 Å². The lowest BCUT2D eigenvalue weighted by molar-refractivity contribution is -0.119. The molecule has 108 valence electrons. The molecule has 0 aliphatic heterocycles. The van der Waals surface area contributed by atoms with E-state index in [2.05, 4.69) is 12.1 Å². The third-order valence-electron chi connectivity index (χ3n) is 4.24. The topological polar surface area (TPSA) is 46.3 Å². The van der Waals surface area contributed by atoms with Crippen molar-refractivity contribution in [2.24, 2.45) is 11.7 Å². The monoisotopic (exact) mass is 280 g/mol. The third kappa shape index (κ3) is 2.69. The van der Waals surface area contributed by atoms with Gasteiger partial charge in [0.1, 0.15) is 0 Å². The van der Waals surface area contributed by atoms with Crippen molar-refractivity contribution in [2.45, 2.75) is 18.9 Å². The molecule has 3 heteroatoms. The fourth-order valence-electron chi connectivity index (χ4n) is 2.91. The number of rotatable bonds is 4. The number of carbonyl (C=O) groups is 1. The van der Waals surface area contributed by atoms with Crippen LogP contribution in [0.3, 0.4) is 0 Å². The van der Waals surface area contributed by atoms with Crippen LogP contribution >= 0.6 is 0 Å². The highest BCUT2D eigenvalue weighted by atomic mass is 16.2. The van der Waals surface area contributed by atoms with Crippen LogP contribution in [0.15, 0.2) is 54.6 Å². The molecular weight excluding hydrogens is 260 g/mol. The number of anilines is 1. The Kier molecular flexibility index (Phi) is 3.76. The van der Waals surface area contributed by atoms with E-state index >= 15 is 0 Å². The molecule has 0 heterocycles. The summed E-state index contributed by atoms with van der Waals surface area (Å²) in [6.45, 7) is 0.445. The number of nitrogens with two attached hydrogens (primary N) is 1. The SMILES string of the molecule is CN(C(=O)C1CC1c1ccccc1)c1ccccc1CN. The molecule has 1 saturated carbocycles. The quantitative estimate of drug-likeness (QED) is 0.936. The number of nitrogens with zero attached hydrogens (tertiary/aromatic N) is 1. The molecular formula is C18H20N2O. The first-order chi connectivity index (χ1) is 10.2. The Balaban J connectivity index is 1.75. The molecule has 0 radical (unpaired) electrons. The van der Waals surface area contributed by atoms with Gasteiger partial charge in [-0.15, -0.1) is 0 Å². The summed E-state index contributed by atoms with van der Waals surface area (Å²) in [7, 11) is 1.84. The number of hydrogen-bond donors (Lipinski definition) is 1. The van der Waals surface area contributed by atoms with Crippen molar-refractivity contribution in [1.29, 1.82) is 0 Å². The molecule has 2 atom stereocenters. The second-order valence-corrected chi connectivity index (χ2v) is 5.59. The van der Waals surface area contributed by atoms with Gasteiger partial charge in [0, 0.05) is 25.2 Å². The number of amides is 1. The molecule has 0 aromatic heterocycles. The maximum atomic E-state index is 12.6. The molecule has 21 heavy (non-hydrogen) atoms. The fraction of sp³-hybridized carbons (Fsp3) is 0.278. The van der Waals surface area contributed by atoms with E-state index in [4.69, 9.17) is 5.73 Å². The number of benzene rings is 2. The lowest BCUT2D eigenvalue weighted by Gasteiger charge is -2.20. The van der Waals surface area contributed by atoms with Gasteiger partial charge in [-0.2, -0.15) is 0 Å². The van der Waals surface area contributed by atoms with Crippen LogP contribution in [-0.4, -0.2) is 13.0 Å². The van der Waals surface area contributed by atoms with Crippen LogP contribution < -0.4 is 10.6 Å². The molecule has 1 aliphatic rings. The Labute approximate surface area is 125 Å². The first kappa shape index (κ1) is 13.8. The standard InChI is InChI=1S/C18H20N2O/c1-20(17-10-6-5-9-14(17)12-19)18(21)16-11-15(16)13-7-3-2-4-8-13/h2-10,15-16H,11-12,19H2,1H3. The van der Waals surface area contributed by atoms with Crippen LogP contribution in [0.5, 0.6) is 0 Å². The summed E-state index contributed by atoms with van der Waals surface area (Å²) in [6, 6.07) is 18.1. The molecule has 0 saturated heterocycles. The van der Waals surface area contributed by atoms with Gasteiger partial charge in [-0.25, -0.2) is 0 Å². The minimum Gasteiger partial charge on any atom is -0.326 e. The zero-order chi connectivity index (χ0) is 14.8. The highest BCUT2D eigenvalue weighted by molar-refractivity contribution is 5.97. The second-order valence-electron chi connectivity index (χ2n) is 5.59. The van der Waals surface area contributed by atoms with Crippen LogP contribution in [0, 0.1) is 5.92 Å². The summed E-state index contributed by atoms with van der Waals surface area (Å²) < 4.78 is 0. The summed E-state index contributed by atoms with van der Waals surface area (Å²) in [6.07, 6.45) is 0.942. The van der Waals surface area contributed by atoms with Crippen LogP contribution in [0.4, 0.5) is 5.69 Å². The molecule has 1 aliphatic carbocycles. The van der Waals surface area contributed by atoms with E-state index in [-0.39, 0.29) is 11.8 Å². The zero-order valence-corrected chi connectivity index (χ0v) is 12.2. The van der Waals surface area contributed by atoms with E-state index in [0.717, 1.165) is 17.7 Å². The molecule has 3 nitrogen and oxygen atoms in total. The molecule has 3 rings (SSSR count). The van der Waals surface area contributed by atoms with Crippen LogP contribution in [-0.2, 0) is 11.3 Å². The van der Waals surface area contributed by atoms with Crippen LogP contribution in [0.25, 0.3) is 0 Å². The maximum absolute atomic E-state index is 12.6. The fourth-order valence-corrected chi connectivity index (χ4v) is 2.91. The molecule has 2 aromatic carbocycles. The normalized spacial score (nSPS) is 20.1. The largest absolute Gasteiger partial charge is 0.326 e. The number of para-hydroxylation sites is 1. The predicted molar refractivity (Wildman–Crippen MR) is 85.0 cm³/mol. The van der Waals surface area contributed by atoms with Crippen LogP contribution in [0.2, 0.25) is 0 Å². The van der Waals surface area contributed by atoms with E-state index in [9.17, 15) is 4.79 Å².